The molecule has 0 aromatic heterocycles. The summed E-state index contributed by atoms with van der Waals surface area (Å²) in [4.78, 5) is 16.3. The average molecular weight is 352 g/mol. The Morgan fingerprint density at radius 3 is 2.29 bits per heavy atom. The maximum atomic E-state index is 12.0. The number of primary sulfonamides is 1. The van der Waals surface area contributed by atoms with Gasteiger partial charge in [0.05, 0.1) is 4.90 Å². The van der Waals surface area contributed by atoms with Crippen LogP contribution in [0.25, 0.3) is 0 Å². The number of rotatable bonds is 5. The molecule has 8 heteroatoms. The van der Waals surface area contributed by atoms with Crippen molar-refractivity contribution in [1.82, 2.24) is 15.1 Å². The molecule has 1 aromatic carbocycles. The van der Waals surface area contributed by atoms with Crippen LogP contribution in [-0.2, 0) is 16.4 Å². The number of hydrogen-bond donors (Lipinski definition) is 2. The van der Waals surface area contributed by atoms with Crippen LogP contribution in [0.4, 0.5) is 4.79 Å². The standard InChI is InChI=1S/C16H24N4O3S/c17-24(22,23)15-5-1-13(2-6-15)7-8-19-9-11-20(12-10-19)16(21)18-14-3-4-14/h1-2,5-6,14H,3-4,7-12H2,(H,18,21)(H2,17,22,23). The second kappa shape index (κ2) is 7.08. The van der Waals surface area contributed by atoms with Gasteiger partial charge in [-0.2, -0.15) is 0 Å². The molecule has 2 amide bonds. The molecule has 1 aliphatic heterocycles. The van der Waals surface area contributed by atoms with Crippen LogP contribution < -0.4 is 10.5 Å². The number of carbonyl (C=O) groups is 1. The smallest absolute Gasteiger partial charge is 0.317 e. The second-order valence-electron chi connectivity index (χ2n) is 6.49. The van der Waals surface area contributed by atoms with Gasteiger partial charge >= 0.3 is 6.03 Å². The first kappa shape index (κ1) is 17.2. The molecule has 7 nitrogen and oxygen atoms in total. The van der Waals surface area contributed by atoms with Crippen LogP contribution in [0, 0.1) is 0 Å². The van der Waals surface area contributed by atoms with Crippen LogP contribution in [0.15, 0.2) is 29.2 Å². The SMILES string of the molecule is NS(=O)(=O)c1ccc(CCN2CCN(C(=O)NC3CC3)CC2)cc1. The van der Waals surface area contributed by atoms with Gasteiger partial charge in [-0.05, 0) is 37.0 Å². The van der Waals surface area contributed by atoms with E-state index in [-0.39, 0.29) is 10.9 Å². The van der Waals surface area contributed by atoms with Crippen molar-refractivity contribution in [2.24, 2.45) is 5.14 Å². The van der Waals surface area contributed by atoms with Crippen LogP contribution >= 0.6 is 0 Å². The third kappa shape index (κ3) is 4.68. The Hall–Kier alpha value is -1.64. The van der Waals surface area contributed by atoms with E-state index in [1.54, 1.807) is 24.3 Å². The molecule has 1 aliphatic carbocycles. The van der Waals surface area contributed by atoms with E-state index < -0.39 is 10.0 Å². The van der Waals surface area contributed by atoms with E-state index in [9.17, 15) is 13.2 Å². The summed E-state index contributed by atoms with van der Waals surface area (Å²) in [7, 11) is -3.63. The van der Waals surface area contributed by atoms with E-state index in [1.165, 1.54) is 0 Å². The largest absolute Gasteiger partial charge is 0.335 e. The highest BCUT2D eigenvalue weighted by atomic mass is 32.2. The van der Waals surface area contributed by atoms with E-state index in [4.69, 9.17) is 5.14 Å². The highest BCUT2D eigenvalue weighted by Gasteiger charge is 2.27. The molecule has 3 rings (SSSR count). The van der Waals surface area contributed by atoms with Gasteiger partial charge in [0.2, 0.25) is 10.0 Å². The first-order valence-electron chi connectivity index (χ1n) is 8.31. The number of piperazine rings is 1. The van der Waals surface area contributed by atoms with Crippen molar-refractivity contribution < 1.29 is 13.2 Å². The number of urea groups is 1. The molecule has 132 valence electrons. The van der Waals surface area contributed by atoms with E-state index in [1.807, 2.05) is 4.90 Å². The highest BCUT2D eigenvalue weighted by molar-refractivity contribution is 7.89. The van der Waals surface area contributed by atoms with E-state index >= 15 is 0 Å². The Balaban J connectivity index is 1.42. The topological polar surface area (TPSA) is 95.7 Å². The summed E-state index contributed by atoms with van der Waals surface area (Å²) in [5.41, 5.74) is 1.08. The third-order valence-corrected chi connectivity index (χ3v) is 5.46. The number of nitrogens with two attached hydrogens (primary N) is 1. The number of nitrogens with one attached hydrogen (secondary N) is 1. The minimum Gasteiger partial charge on any atom is -0.335 e. The van der Waals surface area contributed by atoms with Gasteiger partial charge in [-0.15, -0.1) is 0 Å². The summed E-state index contributed by atoms with van der Waals surface area (Å²) >= 11 is 0. The fourth-order valence-corrected chi connectivity index (χ4v) is 3.32. The highest BCUT2D eigenvalue weighted by Crippen LogP contribution is 2.19. The lowest BCUT2D eigenvalue weighted by Gasteiger charge is -2.34. The van der Waals surface area contributed by atoms with Crippen molar-refractivity contribution in [2.45, 2.75) is 30.2 Å². The molecular formula is C16H24N4O3S. The lowest BCUT2D eigenvalue weighted by atomic mass is 10.1. The van der Waals surface area contributed by atoms with Crippen molar-refractivity contribution in [3.63, 3.8) is 0 Å². The summed E-state index contributed by atoms with van der Waals surface area (Å²) in [5.74, 6) is 0. The zero-order valence-corrected chi connectivity index (χ0v) is 14.5. The van der Waals surface area contributed by atoms with E-state index in [2.05, 4.69) is 10.2 Å². The van der Waals surface area contributed by atoms with E-state index in [0.29, 0.717) is 6.04 Å². The molecule has 1 saturated heterocycles. The lowest BCUT2D eigenvalue weighted by molar-refractivity contribution is 0.140. The van der Waals surface area contributed by atoms with Crippen molar-refractivity contribution in [3.8, 4) is 0 Å². The Kier molecular flexibility index (Phi) is 5.07. The molecular weight excluding hydrogens is 328 g/mol. The Labute approximate surface area is 142 Å². The first-order valence-corrected chi connectivity index (χ1v) is 9.86. The lowest BCUT2D eigenvalue weighted by Crippen LogP contribution is -2.52. The van der Waals surface area contributed by atoms with Crippen molar-refractivity contribution in [3.05, 3.63) is 29.8 Å². The summed E-state index contributed by atoms with van der Waals surface area (Å²) < 4.78 is 22.5. The Morgan fingerprint density at radius 1 is 1.12 bits per heavy atom. The monoisotopic (exact) mass is 352 g/mol. The molecule has 0 spiro atoms. The van der Waals surface area contributed by atoms with Gasteiger partial charge in [0.1, 0.15) is 0 Å². The van der Waals surface area contributed by atoms with E-state index in [0.717, 1.165) is 57.5 Å². The molecule has 0 bridgehead atoms. The second-order valence-corrected chi connectivity index (χ2v) is 8.05. The van der Waals surface area contributed by atoms with Crippen LogP contribution in [0.5, 0.6) is 0 Å². The number of nitrogens with zero attached hydrogens (tertiary/aromatic N) is 2. The first-order chi connectivity index (χ1) is 11.4. The van der Waals surface area contributed by atoms with Gasteiger partial charge in [-0.3, -0.25) is 4.90 Å². The third-order valence-electron chi connectivity index (χ3n) is 4.53. The zero-order chi connectivity index (χ0) is 17.2. The number of carbonyl (C=O) groups excluding carboxylic acids is 1. The molecule has 24 heavy (non-hydrogen) atoms. The fraction of sp³-hybridized carbons (Fsp3) is 0.562. The van der Waals surface area contributed by atoms with Crippen LogP contribution in [-0.4, -0.2) is 63.0 Å². The van der Waals surface area contributed by atoms with Gasteiger partial charge in [0.15, 0.2) is 0 Å². The molecule has 2 aliphatic rings. The molecule has 2 fully saturated rings. The van der Waals surface area contributed by atoms with Gasteiger partial charge in [-0.1, -0.05) is 12.1 Å². The van der Waals surface area contributed by atoms with Crippen LogP contribution in [0.3, 0.4) is 0 Å². The minimum atomic E-state index is -3.63. The normalized spacial score (nSPS) is 19.3. The van der Waals surface area contributed by atoms with Gasteiger partial charge in [0, 0.05) is 38.8 Å². The molecule has 0 unspecified atom stereocenters. The molecule has 3 N–H and O–H groups in total. The number of sulfonamides is 1. The van der Waals surface area contributed by atoms with Gasteiger partial charge < -0.3 is 10.2 Å². The summed E-state index contributed by atoms with van der Waals surface area (Å²) in [5, 5.41) is 8.12. The Morgan fingerprint density at radius 2 is 1.75 bits per heavy atom. The zero-order valence-electron chi connectivity index (χ0n) is 13.6. The van der Waals surface area contributed by atoms with Gasteiger partial charge in [-0.25, -0.2) is 18.4 Å². The van der Waals surface area contributed by atoms with Crippen molar-refractivity contribution >= 4 is 16.1 Å². The summed E-state index contributed by atoms with van der Waals surface area (Å²) in [6, 6.07) is 7.17. The molecule has 0 atom stereocenters. The Bertz CT molecular complexity index is 678. The summed E-state index contributed by atoms with van der Waals surface area (Å²) in [6.07, 6.45) is 3.06. The number of hydrogen-bond acceptors (Lipinski definition) is 4. The number of amides is 2. The average Bonchev–Trinajstić information content (AvgIpc) is 3.37. The predicted octanol–water partition coefficient (Wildman–Crippen LogP) is 0.366. The summed E-state index contributed by atoms with van der Waals surface area (Å²) in [6.45, 7) is 4.14. The van der Waals surface area contributed by atoms with Crippen molar-refractivity contribution in [1.29, 1.82) is 0 Å². The maximum Gasteiger partial charge on any atom is 0.317 e. The van der Waals surface area contributed by atoms with Crippen LogP contribution in [0.2, 0.25) is 0 Å². The minimum absolute atomic E-state index is 0.0655. The molecule has 0 radical (unpaired) electrons. The van der Waals surface area contributed by atoms with Crippen molar-refractivity contribution in [2.75, 3.05) is 32.7 Å². The quantitative estimate of drug-likeness (QED) is 0.800. The maximum absolute atomic E-state index is 12.0. The van der Waals surface area contributed by atoms with Crippen LogP contribution in [0.1, 0.15) is 18.4 Å². The predicted molar refractivity (Wildman–Crippen MR) is 91.1 cm³/mol. The molecule has 1 heterocycles. The molecule has 1 saturated carbocycles. The van der Waals surface area contributed by atoms with Gasteiger partial charge in [0.25, 0.3) is 0 Å². The fourth-order valence-electron chi connectivity index (χ4n) is 2.80. The molecule has 1 aromatic rings. The number of benzene rings is 1.